The van der Waals surface area contributed by atoms with Gasteiger partial charge in [-0.2, -0.15) is 0 Å². The third kappa shape index (κ3) is 2.90. The van der Waals surface area contributed by atoms with Crippen LogP contribution in [0.3, 0.4) is 0 Å². The van der Waals surface area contributed by atoms with E-state index >= 15 is 0 Å². The predicted molar refractivity (Wildman–Crippen MR) is 71.2 cm³/mol. The van der Waals surface area contributed by atoms with E-state index in [9.17, 15) is 13.6 Å². The summed E-state index contributed by atoms with van der Waals surface area (Å²) in [5.41, 5.74) is 0.339. The maximum absolute atomic E-state index is 13.6. The second-order valence-corrected chi connectivity index (χ2v) is 5.46. The molecule has 0 radical (unpaired) electrons. The SMILES string of the molecule is Cc1nc(Nc2c(F)cc(F)cc2Br)sc1C(=O)O. The van der Waals surface area contributed by atoms with Crippen LogP contribution in [0.2, 0.25) is 0 Å². The first-order valence-electron chi connectivity index (χ1n) is 5.00. The zero-order valence-corrected chi connectivity index (χ0v) is 11.9. The van der Waals surface area contributed by atoms with Crippen LogP contribution in [0.15, 0.2) is 16.6 Å². The summed E-state index contributed by atoms with van der Waals surface area (Å²) in [6.07, 6.45) is 0. The zero-order chi connectivity index (χ0) is 14.2. The number of hydrogen-bond donors (Lipinski definition) is 2. The molecule has 2 rings (SSSR count). The van der Waals surface area contributed by atoms with E-state index in [-0.39, 0.29) is 20.2 Å². The topological polar surface area (TPSA) is 62.2 Å². The zero-order valence-electron chi connectivity index (χ0n) is 9.50. The lowest BCUT2D eigenvalue weighted by Crippen LogP contribution is -1.96. The van der Waals surface area contributed by atoms with Gasteiger partial charge in [-0.15, -0.1) is 0 Å². The molecule has 100 valence electrons. The van der Waals surface area contributed by atoms with Crippen LogP contribution in [0, 0.1) is 18.6 Å². The van der Waals surface area contributed by atoms with Gasteiger partial charge in [0.15, 0.2) is 10.9 Å². The highest BCUT2D eigenvalue weighted by atomic mass is 79.9. The molecule has 4 nitrogen and oxygen atoms in total. The van der Waals surface area contributed by atoms with Crippen molar-refractivity contribution in [3.63, 3.8) is 0 Å². The summed E-state index contributed by atoms with van der Waals surface area (Å²) in [6, 6.07) is 1.83. The van der Waals surface area contributed by atoms with Crippen molar-refractivity contribution in [3.05, 3.63) is 38.8 Å². The molecule has 2 aromatic rings. The average molecular weight is 349 g/mol. The number of thiazole rings is 1. The van der Waals surface area contributed by atoms with Gasteiger partial charge in [0.2, 0.25) is 0 Å². The van der Waals surface area contributed by atoms with E-state index in [0.29, 0.717) is 5.69 Å². The first kappa shape index (κ1) is 13.9. The maximum atomic E-state index is 13.6. The molecule has 0 aliphatic rings. The number of benzene rings is 1. The van der Waals surface area contributed by atoms with Crippen LogP contribution in [-0.2, 0) is 0 Å². The Morgan fingerprint density at radius 3 is 2.68 bits per heavy atom. The quantitative estimate of drug-likeness (QED) is 0.881. The summed E-state index contributed by atoms with van der Waals surface area (Å²) in [5, 5.41) is 11.8. The molecule has 0 atom stereocenters. The Labute approximate surface area is 119 Å². The number of anilines is 2. The first-order chi connectivity index (χ1) is 8.88. The molecular formula is C11H7BrF2N2O2S. The van der Waals surface area contributed by atoms with Gasteiger partial charge in [0.1, 0.15) is 10.7 Å². The number of rotatable bonds is 3. The van der Waals surface area contributed by atoms with Gasteiger partial charge < -0.3 is 10.4 Å². The van der Waals surface area contributed by atoms with Crippen molar-refractivity contribution < 1.29 is 18.7 Å². The molecule has 0 fully saturated rings. The lowest BCUT2D eigenvalue weighted by Gasteiger charge is -2.06. The van der Waals surface area contributed by atoms with Crippen LogP contribution in [0.25, 0.3) is 0 Å². The molecule has 1 aromatic heterocycles. The van der Waals surface area contributed by atoms with Crippen molar-refractivity contribution in [2.24, 2.45) is 0 Å². The molecule has 0 aliphatic heterocycles. The fourth-order valence-corrected chi connectivity index (χ4v) is 2.73. The number of halogens is 3. The number of nitrogens with one attached hydrogen (secondary N) is 1. The Morgan fingerprint density at radius 2 is 2.16 bits per heavy atom. The monoisotopic (exact) mass is 348 g/mol. The number of carboxylic acid groups (broad SMARTS) is 1. The number of nitrogens with zero attached hydrogens (tertiary/aromatic N) is 1. The summed E-state index contributed by atoms with van der Waals surface area (Å²) in [7, 11) is 0. The van der Waals surface area contributed by atoms with Gasteiger partial charge in [-0.3, -0.25) is 0 Å². The van der Waals surface area contributed by atoms with Crippen LogP contribution < -0.4 is 5.32 Å². The Hall–Kier alpha value is -1.54. The van der Waals surface area contributed by atoms with E-state index < -0.39 is 17.6 Å². The van der Waals surface area contributed by atoms with Gasteiger partial charge in [0.25, 0.3) is 0 Å². The molecule has 0 bridgehead atoms. The number of aromatic carboxylic acids is 1. The third-order valence-electron chi connectivity index (χ3n) is 2.23. The Balaban J connectivity index is 2.37. The van der Waals surface area contributed by atoms with Crippen LogP contribution >= 0.6 is 27.3 Å². The van der Waals surface area contributed by atoms with E-state index in [4.69, 9.17) is 5.11 Å². The number of hydrogen-bond acceptors (Lipinski definition) is 4. The second-order valence-electron chi connectivity index (χ2n) is 3.61. The Bertz CT molecular complexity index is 637. The van der Waals surface area contributed by atoms with E-state index in [2.05, 4.69) is 26.2 Å². The van der Waals surface area contributed by atoms with Gasteiger partial charge in [-0.05, 0) is 28.9 Å². The van der Waals surface area contributed by atoms with E-state index in [1.165, 1.54) is 0 Å². The van der Waals surface area contributed by atoms with Crippen molar-refractivity contribution in [2.45, 2.75) is 6.92 Å². The Kier molecular flexibility index (Phi) is 3.81. The molecule has 2 N–H and O–H groups in total. The third-order valence-corrected chi connectivity index (χ3v) is 3.92. The molecule has 0 saturated heterocycles. The summed E-state index contributed by atoms with van der Waals surface area (Å²) in [5.74, 6) is -2.60. The molecule has 1 heterocycles. The number of carbonyl (C=O) groups is 1. The van der Waals surface area contributed by atoms with Crippen LogP contribution in [0.1, 0.15) is 15.4 Å². The van der Waals surface area contributed by atoms with Gasteiger partial charge in [0, 0.05) is 10.5 Å². The van der Waals surface area contributed by atoms with Crippen LogP contribution in [-0.4, -0.2) is 16.1 Å². The molecule has 0 unspecified atom stereocenters. The van der Waals surface area contributed by atoms with Gasteiger partial charge in [-0.1, -0.05) is 11.3 Å². The molecule has 0 amide bonds. The second kappa shape index (κ2) is 5.22. The number of carboxylic acids is 1. The highest BCUT2D eigenvalue weighted by Gasteiger charge is 2.16. The molecule has 0 aliphatic carbocycles. The van der Waals surface area contributed by atoms with Crippen molar-refractivity contribution in [2.75, 3.05) is 5.32 Å². The molecule has 19 heavy (non-hydrogen) atoms. The maximum Gasteiger partial charge on any atom is 0.347 e. The minimum Gasteiger partial charge on any atom is -0.477 e. The molecule has 0 saturated carbocycles. The van der Waals surface area contributed by atoms with E-state index in [0.717, 1.165) is 23.5 Å². The van der Waals surface area contributed by atoms with Crippen molar-refractivity contribution in [3.8, 4) is 0 Å². The van der Waals surface area contributed by atoms with Gasteiger partial charge in [-0.25, -0.2) is 18.6 Å². The summed E-state index contributed by atoms with van der Waals surface area (Å²) in [4.78, 5) is 14.9. The molecule has 8 heteroatoms. The summed E-state index contributed by atoms with van der Waals surface area (Å²) >= 11 is 3.91. The molecule has 0 spiro atoms. The number of aromatic nitrogens is 1. The van der Waals surface area contributed by atoms with E-state index in [1.54, 1.807) is 6.92 Å². The average Bonchev–Trinajstić information content (AvgIpc) is 2.65. The van der Waals surface area contributed by atoms with Crippen LogP contribution in [0.4, 0.5) is 19.6 Å². The smallest absolute Gasteiger partial charge is 0.347 e. The first-order valence-corrected chi connectivity index (χ1v) is 6.61. The fraction of sp³-hybridized carbons (Fsp3) is 0.0909. The van der Waals surface area contributed by atoms with Crippen molar-refractivity contribution in [1.29, 1.82) is 0 Å². The fourth-order valence-electron chi connectivity index (χ4n) is 1.42. The predicted octanol–water partition coefficient (Wildman–Crippen LogP) is 3.93. The van der Waals surface area contributed by atoms with Gasteiger partial charge in [0.05, 0.1) is 11.4 Å². The van der Waals surface area contributed by atoms with Crippen molar-refractivity contribution in [1.82, 2.24) is 4.98 Å². The summed E-state index contributed by atoms with van der Waals surface area (Å²) in [6.45, 7) is 1.54. The highest BCUT2D eigenvalue weighted by Crippen LogP contribution is 2.32. The highest BCUT2D eigenvalue weighted by molar-refractivity contribution is 9.10. The van der Waals surface area contributed by atoms with E-state index in [1.807, 2.05) is 0 Å². The van der Waals surface area contributed by atoms with Crippen molar-refractivity contribution >= 4 is 44.1 Å². The number of aryl methyl sites for hydroxylation is 1. The minimum absolute atomic E-state index is 0.00656. The lowest BCUT2D eigenvalue weighted by molar-refractivity contribution is 0.0701. The standard InChI is InChI=1S/C11H7BrF2N2O2S/c1-4-9(10(17)18)19-11(15-4)16-8-6(12)2-5(13)3-7(8)14/h2-3H,1H3,(H,15,16)(H,17,18). The molecular weight excluding hydrogens is 342 g/mol. The Morgan fingerprint density at radius 1 is 1.47 bits per heavy atom. The lowest BCUT2D eigenvalue weighted by atomic mass is 10.3. The van der Waals surface area contributed by atoms with Crippen LogP contribution in [0.5, 0.6) is 0 Å². The minimum atomic E-state index is -1.10. The van der Waals surface area contributed by atoms with Gasteiger partial charge >= 0.3 is 5.97 Å². The largest absolute Gasteiger partial charge is 0.477 e. The normalized spacial score (nSPS) is 10.5. The summed E-state index contributed by atoms with van der Waals surface area (Å²) < 4.78 is 26.7. The molecule has 1 aromatic carbocycles.